The highest BCUT2D eigenvalue weighted by molar-refractivity contribution is 7.14. The van der Waals surface area contributed by atoms with Gasteiger partial charge in [-0.15, -0.1) is 0 Å². The Kier molecular flexibility index (Phi) is 2.72. The summed E-state index contributed by atoms with van der Waals surface area (Å²) in [5.74, 6) is 0. The smallest absolute Gasteiger partial charge is 0.346 e. The average molecular weight is 330 g/mol. The highest BCUT2D eigenvalue weighted by atomic mass is 127. The van der Waals surface area contributed by atoms with E-state index in [1.54, 1.807) is 11.3 Å². The molecule has 0 aliphatic rings. The number of benzene rings is 1. The summed E-state index contributed by atoms with van der Waals surface area (Å²) >= 11 is 1.79. The van der Waals surface area contributed by atoms with Gasteiger partial charge in [0.25, 0.3) is 0 Å². The minimum atomic E-state index is 0. The van der Waals surface area contributed by atoms with Crippen molar-refractivity contribution in [3.63, 3.8) is 0 Å². The van der Waals surface area contributed by atoms with Crippen molar-refractivity contribution in [2.75, 3.05) is 0 Å². The van der Waals surface area contributed by atoms with Crippen molar-refractivity contribution in [2.45, 2.75) is 6.92 Å². The van der Waals surface area contributed by atoms with Gasteiger partial charge in [-0.25, -0.2) is 4.57 Å². The summed E-state index contributed by atoms with van der Waals surface area (Å²) in [4.78, 5) is 1.30. The highest BCUT2D eigenvalue weighted by Crippen LogP contribution is 2.20. The summed E-state index contributed by atoms with van der Waals surface area (Å²) < 4.78 is 4.55. The van der Waals surface area contributed by atoms with Gasteiger partial charge in [-0.05, 0) is 19.1 Å². The molecule has 0 aliphatic carbocycles. The zero-order chi connectivity index (χ0) is 9.71. The standard InChI is InChI=1S/C11H11N2S.HI/c1-8-7-14-11-12(2)9-5-3-4-6-10(9)13(8)11;/h3-7H,1-2H3;1H/q+1;/p-1. The summed E-state index contributed by atoms with van der Waals surface area (Å²) in [5.41, 5.74) is 3.90. The van der Waals surface area contributed by atoms with Crippen LogP contribution in [0.4, 0.5) is 0 Å². The fraction of sp³-hybridized carbons (Fsp3) is 0.182. The number of rotatable bonds is 0. The SMILES string of the molecule is Cc1csc2n1c1ccccc1[n+]2C.[I-]. The molecule has 0 bridgehead atoms. The molecule has 1 aromatic carbocycles. The van der Waals surface area contributed by atoms with E-state index >= 15 is 0 Å². The fourth-order valence-corrected chi connectivity index (χ4v) is 2.94. The Balaban J connectivity index is 0.000000853. The van der Waals surface area contributed by atoms with E-state index in [2.05, 4.69) is 52.6 Å². The number of thiazole rings is 1. The number of hydrogen-bond acceptors (Lipinski definition) is 1. The van der Waals surface area contributed by atoms with Crippen molar-refractivity contribution >= 4 is 27.3 Å². The largest absolute Gasteiger partial charge is 1.00 e. The number of halogens is 1. The Morgan fingerprint density at radius 1 is 1.27 bits per heavy atom. The molecule has 4 heteroatoms. The molecule has 0 N–H and O–H groups in total. The van der Waals surface area contributed by atoms with Gasteiger partial charge >= 0.3 is 4.96 Å². The lowest BCUT2D eigenvalue weighted by atomic mass is 10.3. The van der Waals surface area contributed by atoms with Crippen LogP contribution < -0.4 is 28.5 Å². The first-order chi connectivity index (χ1) is 6.79. The third-order valence-electron chi connectivity index (χ3n) is 2.65. The molecule has 0 unspecified atom stereocenters. The predicted octanol–water partition coefficient (Wildman–Crippen LogP) is -0.709. The van der Waals surface area contributed by atoms with Gasteiger partial charge in [0.1, 0.15) is 5.69 Å². The molecule has 0 saturated heterocycles. The van der Waals surface area contributed by atoms with E-state index in [9.17, 15) is 0 Å². The number of para-hydroxylation sites is 2. The number of imidazole rings is 1. The number of hydrogen-bond donors (Lipinski definition) is 0. The van der Waals surface area contributed by atoms with Gasteiger partial charge in [-0.3, -0.25) is 0 Å². The maximum absolute atomic E-state index is 2.31. The Hall–Kier alpha value is -0.620. The zero-order valence-corrected chi connectivity index (χ0v) is 11.5. The van der Waals surface area contributed by atoms with E-state index in [0.717, 1.165) is 0 Å². The molecular weight excluding hydrogens is 319 g/mol. The minimum absolute atomic E-state index is 0. The molecule has 0 amide bonds. The summed E-state index contributed by atoms with van der Waals surface area (Å²) in [5, 5.41) is 2.20. The third-order valence-corrected chi connectivity index (χ3v) is 3.78. The number of aromatic nitrogens is 2. The molecule has 0 atom stereocenters. The van der Waals surface area contributed by atoms with Crippen LogP contribution in [0.3, 0.4) is 0 Å². The average Bonchev–Trinajstić information content (AvgIpc) is 2.70. The first kappa shape index (κ1) is 10.9. The van der Waals surface area contributed by atoms with Crippen molar-refractivity contribution in [3.05, 3.63) is 35.3 Å². The molecule has 0 spiro atoms. The van der Waals surface area contributed by atoms with Gasteiger partial charge in [-0.2, -0.15) is 4.40 Å². The molecule has 3 aromatic rings. The molecule has 2 nitrogen and oxygen atoms in total. The van der Waals surface area contributed by atoms with Crippen molar-refractivity contribution in [2.24, 2.45) is 7.05 Å². The van der Waals surface area contributed by atoms with E-state index in [1.807, 2.05) is 0 Å². The molecule has 15 heavy (non-hydrogen) atoms. The molecule has 0 saturated carbocycles. The van der Waals surface area contributed by atoms with E-state index in [-0.39, 0.29) is 24.0 Å². The molecule has 2 aromatic heterocycles. The first-order valence-corrected chi connectivity index (χ1v) is 5.50. The second-order valence-electron chi connectivity index (χ2n) is 3.54. The second-order valence-corrected chi connectivity index (χ2v) is 4.38. The second kappa shape index (κ2) is 3.75. The molecule has 0 fully saturated rings. The van der Waals surface area contributed by atoms with Gasteiger partial charge in [-0.1, -0.05) is 23.5 Å². The van der Waals surface area contributed by atoms with Crippen molar-refractivity contribution in [1.29, 1.82) is 0 Å². The maximum Gasteiger partial charge on any atom is 0.346 e. The van der Waals surface area contributed by atoms with Gasteiger partial charge in [0.15, 0.2) is 11.0 Å². The normalized spacial score (nSPS) is 10.8. The van der Waals surface area contributed by atoms with Crippen LogP contribution in [-0.4, -0.2) is 4.40 Å². The Morgan fingerprint density at radius 3 is 2.80 bits per heavy atom. The summed E-state index contributed by atoms with van der Waals surface area (Å²) in [6, 6.07) is 8.50. The number of fused-ring (bicyclic) bond motifs is 3. The predicted molar refractivity (Wildman–Crippen MR) is 58.7 cm³/mol. The van der Waals surface area contributed by atoms with Crippen LogP contribution in [0, 0.1) is 6.92 Å². The van der Waals surface area contributed by atoms with Crippen LogP contribution in [-0.2, 0) is 7.05 Å². The first-order valence-electron chi connectivity index (χ1n) is 4.62. The lowest BCUT2D eigenvalue weighted by molar-refractivity contribution is -0.616. The van der Waals surface area contributed by atoms with E-state index < -0.39 is 0 Å². The molecule has 78 valence electrons. The molecule has 3 rings (SSSR count). The van der Waals surface area contributed by atoms with Crippen LogP contribution in [0.2, 0.25) is 0 Å². The van der Waals surface area contributed by atoms with Gasteiger partial charge in [0, 0.05) is 5.38 Å². The van der Waals surface area contributed by atoms with E-state index in [1.165, 1.54) is 21.7 Å². The van der Waals surface area contributed by atoms with E-state index in [4.69, 9.17) is 0 Å². The van der Waals surface area contributed by atoms with Crippen LogP contribution in [0.15, 0.2) is 29.6 Å². The summed E-state index contributed by atoms with van der Waals surface area (Å²) in [6.07, 6.45) is 0. The molecule has 2 heterocycles. The maximum atomic E-state index is 2.31. The monoisotopic (exact) mass is 330 g/mol. The summed E-state index contributed by atoms with van der Waals surface area (Å²) in [7, 11) is 2.12. The van der Waals surface area contributed by atoms with Crippen molar-refractivity contribution in [3.8, 4) is 0 Å². The quantitative estimate of drug-likeness (QED) is 0.380. The van der Waals surface area contributed by atoms with Crippen molar-refractivity contribution < 1.29 is 28.5 Å². The van der Waals surface area contributed by atoms with E-state index in [0.29, 0.717) is 0 Å². The van der Waals surface area contributed by atoms with Crippen LogP contribution in [0.25, 0.3) is 16.0 Å². The van der Waals surface area contributed by atoms with Crippen LogP contribution in [0.5, 0.6) is 0 Å². The van der Waals surface area contributed by atoms with Crippen molar-refractivity contribution in [1.82, 2.24) is 4.40 Å². The fourth-order valence-electron chi connectivity index (χ4n) is 1.96. The Labute approximate surface area is 109 Å². The Bertz CT molecular complexity index is 624. The third kappa shape index (κ3) is 1.38. The highest BCUT2D eigenvalue weighted by Gasteiger charge is 2.18. The van der Waals surface area contributed by atoms with Gasteiger partial charge in [0.05, 0.1) is 7.05 Å². The zero-order valence-electron chi connectivity index (χ0n) is 8.57. The summed E-state index contributed by atoms with van der Waals surface area (Å²) in [6.45, 7) is 2.15. The van der Waals surface area contributed by atoms with Gasteiger partial charge < -0.3 is 24.0 Å². The number of aryl methyl sites for hydroxylation is 2. The topological polar surface area (TPSA) is 8.29 Å². The van der Waals surface area contributed by atoms with Crippen LogP contribution in [0.1, 0.15) is 5.69 Å². The number of nitrogens with zero attached hydrogens (tertiary/aromatic N) is 2. The van der Waals surface area contributed by atoms with Gasteiger partial charge in [0.2, 0.25) is 0 Å². The Morgan fingerprint density at radius 2 is 2.00 bits per heavy atom. The van der Waals surface area contributed by atoms with Crippen LogP contribution >= 0.6 is 11.3 Å². The molecule has 0 aliphatic heterocycles. The lowest BCUT2D eigenvalue weighted by Crippen LogP contribution is -3.00. The molecular formula is C11H11IN2S. The lowest BCUT2D eigenvalue weighted by Gasteiger charge is -1.85. The minimum Gasteiger partial charge on any atom is -1.00 e. The molecule has 0 radical (unpaired) electrons.